The zero-order valence-corrected chi connectivity index (χ0v) is 20.1. The Morgan fingerprint density at radius 2 is 1.73 bits per heavy atom. The normalized spacial score (nSPS) is 10.9. The first-order chi connectivity index (χ1) is 17.9. The van der Waals surface area contributed by atoms with Crippen LogP contribution in [-0.4, -0.2) is 25.6 Å². The lowest BCUT2D eigenvalue weighted by Gasteiger charge is -2.10. The Morgan fingerprint density at radius 1 is 1.03 bits per heavy atom. The van der Waals surface area contributed by atoms with Crippen LogP contribution in [0.4, 0.5) is 20.7 Å². The van der Waals surface area contributed by atoms with E-state index in [0.717, 1.165) is 16.9 Å². The highest BCUT2D eigenvalue weighted by Crippen LogP contribution is 2.27. The minimum atomic E-state index is -0.415. The van der Waals surface area contributed by atoms with Gasteiger partial charge < -0.3 is 20.4 Å². The molecular formula is C27H23FN6O3. The molecule has 3 heterocycles. The Labute approximate surface area is 211 Å². The number of hydrogen-bond acceptors (Lipinski definition) is 6. The van der Waals surface area contributed by atoms with Crippen molar-refractivity contribution in [3.05, 3.63) is 106 Å². The van der Waals surface area contributed by atoms with Gasteiger partial charge in [-0.1, -0.05) is 0 Å². The van der Waals surface area contributed by atoms with E-state index in [1.807, 2.05) is 32.0 Å². The second-order valence-corrected chi connectivity index (χ2v) is 8.45. The first-order valence-corrected chi connectivity index (χ1v) is 11.5. The molecular weight excluding hydrogens is 475 g/mol. The van der Waals surface area contributed by atoms with Gasteiger partial charge in [-0.2, -0.15) is 0 Å². The Morgan fingerprint density at radius 3 is 2.43 bits per heavy atom. The van der Waals surface area contributed by atoms with Crippen LogP contribution in [0.2, 0.25) is 0 Å². The molecule has 0 saturated carbocycles. The number of anilines is 2. The van der Waals surface area contributed by atoms with Gasteiger partial charge in [-0.25, -0.2) is 19.2 Å². The van der Waals surface area contributed by atoms with Crippen LogP contribution < -0.4 is 20.9 Å². The van der Waals surface area contributed by atoms with Gasteiger partial charge in [0.25, 0.3) is 5.56 Å². The van der Waals surface area contributed by atoms with E-state index in [9.17, 15) is 14.0 Å². The Hall–Kier alpha value is -4.99. The Kier molecular flexibility index (Phi) is 6.38. The maximum absolute atomic E-state index is 13.1. The van der Waals surface area contributed by atoms with Crippen molar-refractivity contribution in [2.45, 2.75) is 20.4 Å². The molecule has 3 aromatic heterocycles. The highest BCUT2D eigenvalue weighted by atomic mass is 19.1. The molecule has 0 unspecified atom stereocenters. The maximum Gasteiger partial charge on any atom is 0.327 e. The number of halogens is 1. The summed E-state index contributed by atoms with van der Waals surface area (Å²) in [7, 11) is 0. The van der Waals surface area contributed by atoms with Gasteiger partial charge in [0.1, 0.15) is 29.5 Å². The van der Waals surface area contributed by atoms with Gasteiger partial charge in [0.15, 0.2) is 5.65 Å². The number of nitrogens with one attached hydrogen (secondary N) is 3. The van der Waals surface area contributed by atoms with E-state index >= 15 is 0 Å². The predicted octanol–water partition coefficient (Wildman–Crippen LogP) is 5.17. The van der Waals surface area contributed by atoms with E-state index in [4.69, 9.17) is 4.74 Å². The van der Waals surface area contributed by atoms with Crippen LogP contribution in [0.5, 0.6) is 11.5 Å². The second-order valence-electron chi connectivity index (χ2n) is 8.45. The van der Waals surface area contributed by atoms with Crippen molar-refractivity contribution in [3.63, 3.8) is 0 Å². The number of ether oxygens (including phenoxy) is 1. The Balaban J connectivity index is 1.30. The Bertz CT molecular complexity index is 1640. The number of hydrogen-bond donors (Lipinski definition) is 3. The molecule has 1 amide bonds. The molecule has 0 saturated heterocycles. The number of benzene rings is 2. The predicted molar refractivity (Wildman–Crippen MR) is 138 cm³/mol. The van der Waals surface area contributed by atoms with Gasteiger partial charge in [-0.05, 0) is 80.1 Å². The number of fused-ring (bicyclic) bond motifs is 1. The fourth-order valence-electron chi connectivity index (χ4n) is 3.95. The van der Waals surface area contributed by atoms with Crippen LogP contribution in [0.3, 0.4) is 0 Å². The van der Waals surface area contributed by atoms with E-state index in [1.54, 1.807) is 36.5 Å². The van der Waals surface area contributed by atoms with Crippen molar-refractivity contribution < 1.29 is 13.9 Å². The number of carbonyl (C=O) groups excluding carboxylic acids is 1. The molecule has 5 aromatic rings. The van der Waals surface area contributed by atoms with Gasteiger partial charge in [0.05, 0.1) is 11.9 Å². The summed E-state index contributed by atoms with van der Waals surface area (Å²) < 4.78 is 20.2. The summed E-state index contributed by atoms with van der Waals surface area (Å²) in [5.74, 6) is 1.32. The average molecular weight is 499 g/mol. The number of H-pyrrole nitrogens is 1. The van der Waals surface area contributed by atoms with Crippen LogP contribution in [-0.2, 0) is 6.54 Å². The molecule has 5 rings (SSSR count). The molecule has 0 aliphatic carbocycles. The fraction of sp³-hybridized carbons (Fsp3) is 0.111. The molecule has 0 aliphatic heterocycles. The number of amides is 1. The minimum Gasteiger partial charge on any atom is -0.457 e. The molecule has 3 N–H and O–H groups in total. The largest absolute Gasteiger partial charge is 0.457 e. The first kappa shape index (κ1) is 23.7. The third-order valence-corrected chi connectivity index (χ3v) is 5.78. The lowest BCUT2D eigenvalue weighted by atomic mass is 10.1. The SMILES string of the molecule is Cc1cc(C)c(CNC(=O)n2ccc3c(Nc4ccc(Oc5ccc(F)cc5)cc4)ncnc32)c(=O)[nH]1. The highest BCUT2D eigenvalue weighted by molar-refractivity contribution is 5.95. The van der Waals surface area contributed by atoms with Gasteiger partial charge >= 0.3 is 6.03 Å². The van der Waals surface area contributed by atoms with E-state index < -0.39 is 6.03 Å². The summed E-state index contributed by atoms with van der Waals surface area (Å²) in [6.07, 6.45) is 2.97. The number of carbonyl (C=O) groups is 1. The lowest BCUT2D eigenvalue weighted by Crippen LogP contribution is -2.31. The van der Waals surface area contributed by atoms with E-state index in [2.05, 4.69) is 25.6 Å². The fourth-order valence-corrected chi connectivity index (χ4v) is 3.95. The summed E-state index contributed by atoms with van der Waals surface area (Å²) in [4.78, 5) is 36.5. The smallest absolute Gasteiger partial charge is 0.327 e. The molecule has 9 nitrogen and oxygen atoms in total. The molecule has 37 heavy (non-hydrogen) atoms. The van der Waals surface area contributed by atoms with Crippen molar-refractivity contribution in [2.75, 3.05) is 5.32 Å². The topological polar surface area (TPSA) is 114 Å². The van der Waals surface area contributed by atoms with Crippen molar-refractivity contribution >= 4 is 28.6 Å². The third-order valence-electron chi connectivity index (χ3n) is 5.78. The number of aromatic nitrogens is 4. The second kappa shape index (κ2) is 9.94. The van der Waals surface area contributed by atoms with Crippen molar-refractivity contribution in [1.29, 1.82) is 0 Å². The van der Waals surface area contributed by atoms with Crippen LogP contribution >= 0.6 is 0 Å². The number of rotatable bonds is 6. The molecule has 2 aromatic carbocycles. The molecule has 0 radical (unpaired) electrons. The van der Waals surface area contributed by atoms with Crippen LogP contribution in [0.1, 0.15) is 16.8 Å². The molecule has 0 aliphatic rings. The lowest BCUT2D eigenvalue weighted by molar-refractivity contribution is 0.242. The van der Waals surface area contributed by atoms with Gasteiger partial charge in [-0.3, -0.25) is 9.36 Å². The molecule has 0 bridgehead atoms. The van der Waals surface area contributed by atoms with Crippen molar-refractivity contribution in [2.24, 2.45) is 0 Å². The molecule has 0 atom stereocenters. The number of aryl methyl sites for hydroxylation is 2. The maximum atomic E-state index is 13.1. The number of aromatic amines is 1. The zero-order chi connectivity index (χ0) is 25.9. The standard InChI is InChI=1S/C27H23FN6O3/c1-16-13-17(2)32-26(35)23(16)14-29-27(36)34-12-11-22-24(30-15-31-25(22)34)33-19-5-9-21(10-6-19)37-20-7-3-18(28)4-8-20/h3-13,15H,14H2,1-2H3,(H,29,36)(H,32,35)(H,30,31,33). The van der Waals surface area contributed by atoms with Crippen molar-refractivity contribution in [3.8, 4) is 11.5 Å². The third kappa shape index (κ3) is 5.18. The quantitative estimate of drug-likeness (QED) is 0.298. The summed E-state index contributed by atoms with van der Waals surface area (Å²) in [6, 6.07) is 16.2. The zero-order valence-electron chi connectivity index (χ0n) is 20.1. The van der Waals surface area contributed by atoms with E-state index in [1.165, 1.54) is 23.0 Å². The molecule has 0 spiro atoms. The summed E-state index contributed by atoms with van der Waals surface area (Å²) in [5.41, 5.74) is 3.01. The van der Waals surface area contributed by atoms with Crippen molar-refractivity contribution in [1.82, 2.24) is 24.8 Å². The van der Waals surface area contributed by atoms with Crippen LogP contribution in [0, 0.1) is 19.7 Å². The number of pyridine rings is 1. The molecule has 10 heteroatoms. The van der Waals surface area contributed by atoms with Gasteiger partial charge in [0.2, 0.25) is 0 Å². The van der Waals surface area contributed by atoms with Gasteiger partial charge in [0, 0.05) is 23.1 Å². The molecule has 0 fully saturated rings. The van der Waals surface area contributed by atoms with Crippen LogP contribution in [0.25, 0.3) is 11.0 Å². The molecule has 186 valence electrons. The van der Waals surface area contributed by atoms with E-state index in [0.29, 0.717) is 33.9 Å². The van der Waals surface area contributed by atoms with E-state index in [-0.39, 0.29) is 17.9 Å². The number of nitrogens with zero attached hydrogens (tertiary/aromatic N) is 3. The average Bonchev–Trinajstić information content (AvgIpc) is 3.31. The van der Waals surface area contributed by atoms with Gasteiger partial charge in [-0.15, -0.1) is 0 Å². The summed E-state index contributed by atoms with van der Waals surface area (Å²) in [6.45, 7) is 3.73. The first-order valence-electron chi connectivity index (χ1n) is 11.5. The summed E-state index contributed by atoms with van der Waals surface area (Å²) >= 11 is 0. The summed E-state index contributed by atoms with van der Waals surface area (Å²) in [5, 5.41) is 6.66. The highest BCUT2D eigenvalue weighted by Gasteiger charge is 2.15. The monoisotopic (exact) mass is 498 g/mol. The minimum absolute atomic E-state index is 0.0858. The van der Waals surface area contributed by atoms with Crippen LogP contribution in [0.15, 0.2) is 78.0 Å².